The highest BCUT2D eigenvalue weighted by atomic mass is 19.3. The number of ketones is 1. The number of halogens is 2. The highest BCUT2D eigenvalue weighted by Crippen LogP contribution is 2.37. The average Bonchev–Trinajstić information content (AvgIpc) is 4.30. The summed E-state index contributed by atoms with van der Waals surface area (Å²) >= 11 is 0. The minimum absolute atomic E-state index is 0.0393. The maximum atomic E-state index is 14.2. The number of nitrogens with zero attached hydrogens (tertiary/aromatic N) is 7. The molecule has 0 unspecified atom stereocenters. The number of Topliss-reactive ketones (excluding diaryl/α,β-unsaturated/α-hetero) is 1. The van der Waals surface area contributed by atoms with Gasteiger partial charge in [-0.1, -0.05) is 67.4 Å². The van der Waals surface area contributed by atoms with E-state index in [1.807, 2.05) is 36.5 Å². The summed E-state index contributed by atoms with van der Waals surface area (Å²) in [4.78, 5) is 50.0. The minimum atomic E-state index is -2.91. The first-order valence-electron chi connectivity index (χ1n) is 26.9. The van der Waals surface area contributed by atoms with Crippen LogP contribution in [0.2, 0.25) is 0 Å². The fraction of sp³-hybridized carbons (Fsp3) is 0.441. The molecule has 392 valence electrons. The third-order valence-electron chi connectivity index (χ3n) is 15.0. The van der Waals surface area contributed by atoms with E-state index in [9.17, 15) is 23.2 Å². The molecule has 7 aromatic rings. The molecule has 0 atom stereocenters. The fourth-order valence-electron chi connectivity index (χ4n) is 10.1. The number of carbonyl (C=O) groups is 3. The Bertz CT molecular complexity index is 3040. The van der Waals surface area contributed by atoms with Crippen LogP contribution in [-0.4, -0.2) is 78.8 Å². The van der Waals surface area contributed by atoms with E-state index in [1.54, 1.807) is 24.2 Å². The van der Waals surface area contributed by atoms with Gasteiger partial charge in [0.1, 0.15) is 6.26 Å². The first kappa shape index (κ1) is 51.6. The molecular weight excluding hydrogens is 953 g/mol. The Labute approximate surface area is 436 Å². The van der Waals surface area contributed by atoms with E-state index in [0.717, 1.165) is 67.4 Å². The molecule has 0 radical (unpaired) electrons. The number of hydrogen-bond donors (Lipinski definition) is 2. The maximum absolute atomic E-state index is 14.2. The molecule has 3 aliphatic carbocycles. The topological polar surface area (TPSA) is 162 Å². The Kier molecular flexibility index (Phi) is 16.6. The lowest BCUT2D eigenvalue weighted by molar-refractivity contribution is -0.135. The highest BCUT2D eigenvalue weighted by molar-refractivity contribution is 6.03. The molecule has 2 amide bonds. The smallest absolute Gasteiger partial charge is 0.284 e. The third-order valence-corrected chi connectivity index (χ3v) is 15.0. The van der Waals surface area contributed by atoms with Crippen molar-refractivity contribution in [2.24, 2.45) is 17.8 Å². The first-order valence-corrected chi connectivity index (χ1v) is 26.9. The summed E-state index contributed by atoms with van der Waals surface area (Å²) in [6.45, 7) is 4.08. The number of rotatable bonds is 26. The summed E-state index contributed by atoms with van der Waals surface area (Å²) in [6, 6.07) is 26.6. The first-order chi connectivity index (χ1) is 36.6. The Hall–Kier alpha value is -6.91. The number of carbonyl (C=O) groups excluding carboxylic acids is 3. The number of hydrogen-bond acceptors (Lipinski definition) is 10. The van der Waals surface area contributed by atoms with E-state index < -0.39 is 18.0 Å². The van der Waals surface area contributed by atoms with Crippen molar-refractivity contribution in [1.82, 2.24) is 39.7 Å². The second-order valence-electron chi connectivity index (χ2n) is 20.9. The van der Waals surface area contributed by atoms with Crippen LogP contribution >= 0.6 is 0 Å². The molecule has 0 bridgehead atoms. The Morgan fingerprint density at radius 3 is 2.31 bits per heavy atom. The maximum Gasteiger partial charge on any atom is 0.284 e. The normalized spacial score (nSPS) is 16.7. The Morgan fingerprint density at radius 1 is 0.827 bits per heavy atom. The van der Waals surface area contributed by atoms with Gasteiger partial charge in [-0.05, 0) is 129 Å². The van der Waals surface area contributed by atoms with Crippen molar-refractivity contribution in [3.63, 3.8) is 0 Å². The molecule has 2 N–H and O–H groups in total. The molecule has 4 aromatic heterocycles. The molecule has 0 spiro atoms. The summed E-state index contributed by atoms with van der Waals surface area (Å²) < 4.78 is 43.5. The summed E-state index contributed by atoms with van der Waals surface area (Å²) in [5, 5.41) is 16.1. The zero-order valence-corrected chi connectivity index (χ0v) is 42.8. The number of aryl methyl sites for hydroxylation is 1. The predicted molar refractivity (Wildman–Crippen MR) is 283 cm³/mol. The quantitative estimate of drug-likeness (QED) is 0.0394. The summed E-state index contributed by atoms with van der Waals surface area (Å²) in [5.74, 6) is 1.14. The number of ether oxygens (including phenoxy) is 1. The van der Waals surface area contributed by atoms with Crippen molar-refractivity contribution in [3.8, 4) is 22.6 Å². The van der Waals surface area contributed by atoms with Crippen LogP contribution in [0, 0.1) is 17.8 Å². The van der Waals surface area contributed by atoms with E-state index in [2.05, 4.69) is 77.9 Å². The Balaban J connectivity index is 0.579. The number of aromatic nitrogens is 6. The number of anilines is 1. The van der Waals surface area contributed by atoms with Gasteiger partial charge in [0, 0.05) is 93.4 Å². The second kappa shape index (κ2) is 24.2. The predicted octanol–water partition coefficient (Wildman–Crippen LogP) is 11.8. The van der Waals surface area contributed by atoms with Crippen molar-refractivity contribution in [1.29, 1.82) is 0 Å². The molecule has 14 nitrogen and oxygen atoms in total. The van der Waals surface area contributed by atoms with Crippen molar-refractivity contribution in [3.05, 3.63) is 137 Å². The zero-order valence-electron chi connectivity index (χ0n) is 42.8. The lowest BCUT2D eigenvalue weighted by Crippen LogP contribution is -2.36. The van der Waals surface area contributed by atoms with Gasteiger partial charge in [0.25, 0.3) is 12.3 Å². The van der Waals surface area contributed by atoms with Crippen LogP contribution in [0.3, 0.4) is 0 Å². The van der Waals surface area contributed by atoms with Crippen LogP contribution < -0.4 is 10.6 Å². The van der Waals surface area contributed by atoms with Gasteiger partial charge < -0.3 is 24.7 Å². The molecule has 3 saturated carbocycles. The van der Waals surface area contributed by atoms with Crippen LogP contribution in [0.15, 0.2) is 108 Å². The zero-order chi connectivity index (χ0) is 51.7. The van der Waals surface area contributed by atoms with Crippen molar-refractivity contribution in [2.75, 3.05) is 32.1 Å². The van der Waals surface area contributed by atoms with Crippen LogP contribution in [0.5, 0.6) is 0 Å². The van der Waals surface area contributed by atoms with Crippen LogP contribution in [-0.2, 0) is 35.6 Å². The molecule has 10 rings (SSSR count). The molecule has 3 aromatic carbocycles. The van der Waals surface area contributed by atoms with Gasteiger partial charge in [-0.3, -0.25) is 28.7 Å². The Morgan fingerprint density at radius 2 is 1.56 bits per heavy atom. The van der Waals surface area contributed by atoms with Crippen LogP contribution in [0.4, 0.5) is 14.5 Å². The summed E-state index contributed by atoms with van der Waals surface area (Å²) in [6.07, 6.45) is 15.5. The van der Waals surface area contributed by atoms with Gasteiger partial charge in [-0.25, -0.2) is 13.8 Å². The van der Waals surface area contributed by atoms with E-state index in [-0.39, 0.29) is 40.9 Å². The van der Waals surface area contributed by atoms with E-state index in [1.165, 1.54) is 70.4 Å². The van der Waals surface area contributed by atoms with Crippen molar-refractivity contribution in [2.45, 2.75) is 122 Å². The largest absolute Gasteiger partial charge is 0.444 e. The number of amides is 2. The monoisotopic (exact) mass is 1020 g/mol. The fourth-order valence-corrected chi connectivity index (χ4v) is 10.1. The summed E-state index contributed by atoms with van der Waals surface area (Å²) in [7, 11) is 1.80. The van der Waals surface area contributed by atoms with Gasteiger partial charge in [0.2, 0.25) is 11.8 Å². The van der Waals surface area contributed by atoms with Gasteiger partial charge in [0.15, 0.2) is 17.2 Å². The number of fused-ring (bicyclic) bond motifs is 1. The molecule has 4 heterocycles. The average molecular weight is 1020 g/mol. The molecule has 3 aliphatic rings. The van der Waals surface area contributed by atoms with Crippen molar-refractivity contribution >= 4 is 34.2 Å². The molecule has 75 heavy (non-hydrogen) atoms. The van der Waals surface area contributed by atoms with Crippen LogP contribution in [0.25, 0.3) is 33.5 Å². The minimum Gasteiger partial charge on any atom is -0.444 e. The summed E-state index contributed by atoms with van der Waals surface area (Å²) in [5.41, 5.74) is 7.60. The van der Waals surface area contributed by atoms with E-state index in [0.29, 0.717) is 70.4 Å². The van der Waals surface area contributed by atoms with Gasteiger partial charge in [-0.15, -0.1) is 0 Å². The van der Waals surface area contributed by atoms with E-state index >= 15 is 0 Å². The number of unbranched alkanes of at least 4 members (excludes halogenated alkanes) is 1. The third kappa shape index (κ3) is 13.7. The molecule has 0 saturated heterocycles. The molecule has 3 fully saturated rings. The van der Waals surface area contributed by atoms with E-state index in [4.69, 9.17) is 9.15 Å². The van der Waals surface area contributed by atoms with Crippen molar-refractivity contribution < 1.29 is 32.3 Å². The lowest BCUT2D eigenvalue weighted by Gasteiger charge is -2.30. The van der Waals surface area contributed by atoms with Gasteiger partial charge in [0.05, 0.1) is 23.4 Å². The number of oxazole rings is 1. The lowest BCUT2D eigenvalue weighted by atomic mass is 9.85. The second-order valence-corrected chi connectivity index (χ2v) is 20.9. The molecule has 0 aliphatic heterocycles. The highest BCUT2D eigenvalue weighted by Gasteiger charge is 2.31. The number of alkyl halides is 2. The number of nitrogens with one attached hydrogen (secondary N) is 2. The van der Waals surface area contributed by atoms with Gasteiger partial charge in [-0.2, -0.15) is 10.2 Å². The molecular formula is C59H67F2N9O5. The standard InChI is InChI=1S/C59H67F2N9O5/c1-68(59(73)45-19-23-50(24-20-45)69-37-51(55(67-69)56(60)61)65-57(72)52-38-75-58(66-52)47-26-27-63-49(32-47)22-14-39-6-7-39)28-4-30-74-29-3-2-5-54(71)44-17-12-41(13-18-44)34-62-33-40-10-15-43(16-11-40)46-21-25-53-48(31-46)35-64-70(53)36-42-8-9-42/h10-13,15-18,21,25-27,31-32,35,37-39,42,45,50,56,62H,2-9,14,19-20,22-24,28-30,33-34,36H2,1H3,(H,65,72). The van der Waals surface area contributed by atoms with Gasteiger partial charge >= 0.3 is 0 Å². The SMILES string of the molecule is CN(CCCOCCCCC(=O)c1ccc(CNCc2ccc(-c3ccc4c(cnn4CC4CC4)c3)cc2)cc1)C(=O)C1CCC(n2cc(NC(=O)c3coc(-c4ccnc(CCC5CC5)c4)n3)c(C(F)F)n2)CC1. The number of pyridine rings is 1. The van der Waals surface area contributed by atoms with Crippen LogP contribution in [0.1, 0.15) is 139 Å². The number of benzene rings is 3. The molecule has 16 heteroatoms.